The van der Waals surface area contributed by atoms with Crippen LogP contribution in [0.5, 0.6) is 5.75 Å². The van der Waals surface area contributed by atoms with Gasteiger partial charge in [0.15, 0.2) is 0 Å². The molecule has 0 atom stereocenters. The van der Waals surface area contributed by atoms with Crippen molar-refractivity contribution in [3.63, 3.8) is 0 Å². The molecule has 2 N–H and O–H groups in total. The van der Waals surface area contributed by atoms with Crippen molar-refractivity contribution in [2.45, 2.75) is 44.1 Å². The van der Waals surface area contributed by atoms with E-state index < -0.39 is 11.5 Å². The topological polar surface area (TPSA) is 82.6 Å². The summed E-state index contributed by atoms with van der Waals surface area (Å²) in [4.78, 5) is 29.4. The SMILES string of the molecule is COc1cccc2[nH]cc(CC(=O)N(C)C3(C(=O)O)CCCCC3)c12. The Bertz CT molecular complexity index is 790. The van der Waals surface area contributed by atoms with Crippen LogP contribution in [0.15, 0.2) is 24.4 Å². The van der Waals surface area contributed by atoms with E-state index in [9.17, 15) is 14.7 Å². The van der Waals surface area contributed by atoms with Crippen molar-refractivity contribution in [1.29, 1.82) is 0 Å². The Morgan fingerprint density at radius 2 is 2.00 bits per heavy atom. The summed E-state index contributed by atoms with van der Waals surface area (Å²) in [7, 11) is 3.22. The van der Waals surface area contributed by atoms with E-state index in [1.165, 1.54) is 4.90 Å². The fourth-order valence-corrected chi connectivity index (χ4v) is 3.88. The first-order chi connectivity index (χ1) is 12.0. The third-order valence-corrected chi connectivity index (χ3v) is 5.41. The molecule has 0 bridgehead atoms. The summed E-state index contributed by atoms with van der Waals surface area (Å²) in [6.07, 6.45) is 5.68. The number of carbonyl (C=O) groups is 2. The smallest absolute Gasteiger partial charge is 0.329 e. The number of hydrogen-bond donors (Lipinski definition) is 2. The van der Waals surface area contributed by atoms with E-state index in [1.54, 1.807) is 20.4 Å². The lowest BCUT2D eigenvalue weighted by Crippen LogP contribution is -2.56. The molecule has 1 aromatic heterocycles. The zero-order valence-electron chi connectivity index (χ0n) is 14.7. The number of carbonyl (C=O) groups excluding carboxylic acids is 1. The van der Waals surface area contributed by atoms with Crippen molar-refractivity contribution in [1.82, 2.24) is 9.88 Å². The number of nitrogens with one attached hydrogen (secondary N) is 1. The first-order valence-corrected chi connectivity index (χ1v) is 8.62. The van der Waals surface area contributed by atoms with Crippen molar-refractivity contribution < 1.29 is 19.4 Å². The van der Waals surface area contributed by atoms with Gasteiger partial charge >= 0.3 is 5.97 Å². The summed E-state index contributed by atoms with van der Waals surface area (Å²) in [6, 6.07) is 5.67. The number of ether oxygens (including phenoxy) is 1. The molecule has 0 spiro atoms. The molecule has 134 valence electrons. The van der Waals surface area contributed by atoms with Crippen LogP contribution in [0.25, 0.3) is 10.9 Å². The number of amides is 1. The van der Waals surface area contributed by atoms with Gasteiger partial charge in [-0.05, 0) is 30.5 Å². The van der Waals surface area contributed by atoms with Gasteiger partial charge in [-0.1, -0.05) is 25.3 Å². The fourth-order valence-electron chi connectivity index (χ4n) is 3.88. The molecule has 1 aromatic carbocycles. The molecule has 0 unspecified atom stereocenters. The number of aliphatic carboxylic acids is 1. The van der Waals surface area contributed by atoms with Gasteiger partial charge in [-0.3, -0.25) is 4.79 Å². The third-order valence-electron chi connectivity index (χ3n) is 5.41. The number of H-pyrrole nitrogens is 1. The van der Waals surface area contributed by atoms with Crippen LogP contribution in [-0.2, 0) is 16.0 Å². The molecule has 6 nitrogen and oxygen atoms in total. The molecule has 25 heavy (non-hydrogen) atoms. The Morgan fingerprint density at radius 3 is 2.64 bits per heavy atom. The van der Waals surface area contributed by atoms with Gasteiger partial charge in [0.05, 0.1) is 13.5 Å². The van der Waals surface area contributed by atoms with Crippen molar-refractivity contribution in [2.75, 3.05) is 14.2 Å². The number of aromatic nitrogens is 1. The van der Waals surface area contributed by atoms with Crippen LogP contribution in [-0.4, -0.2) is 46.6 Å². The zero-order valence-corrected chi connectivity index (χ0v) is 14.7. The first-order valence-electron chi connectivity index (χ1n) is 8.62. The van der Waals surface area contributed by atoms with Crippen molar-refractivity contribution in [3.05, 3.63) is 30.0 Å². The summed E-state index contributed by atoms with van der Waals surface area (Å²) in [5.41, 5.74) is 0.641. The standard InChI is InChI=1S/C19H24N2O4/c1-21(19(18(23)24)9-4-3-5-10-19)16(22)11-13-12-20-14-7-6-8-15(25-2)17(13)14/h6-8,12,20H,3-5,9-11H2,1-2H3,(H,23,24). The number of nitrogens with zero attached hydrogens (tertiary/aromatic N) is 1. The second kappa shape index (κ2) is 6.78. The lowest BCUT2D eigenvalue weighted by molar-refractivity contribution is -0.160. The van der Waals surface area contributed by atoms with Crippen molar-refractivity contribution in [2.24, 2.45) is 0 Å². The van der Waals surface area contributed by atoms with E-state index >= 15 is 0 Å². The second-order valence-corrected chi connectivity index (χ2v) is 6.72. The number of aromatic amines is 1. The maximum absolute atomic E-state index is 12.9. The van der Waals surface area contributed by atoms with Gasteiger partial charge in [0.1, 0.15) is 11.3 Å². The predicted octanol–water partition coefficient (Wildman–Crippen LogP) is 2.96. The normalized spacial score (nSPS) is 16.6. The molecule has 0 aliphatic heterocycles. The van der Waals surface area contributed by atoms with E-state index in [-0.39, 0.29) is 12.3 Å². The van der Waals surface area contributed by atoms with Crippen LogP contribution in [0.2, 0.25) is 0 Å². The molecule has 3 rings (SSSR count). The van der Waals surface area contributed by atoms with Gasteiger partial charge in [-0.25, -0.2) is 4.79 Å². The van der Waals surface area contributed by atoms with Crippen molar-refractivity contribution >= 4 is 22.8 Å². The average molecular weight is 344 g/mol. The van der Waals surface area contributed by atoms with Crippen LogP contribution < -0.4 is 4.74 Å². The number of likely N-dealkylation sites (N-methyl/N-ethyl adjacent to an activating group) is 1. The Kier molecular flexibility index (Phi) is 4.70. The third kappa shape index (κ3) is 2.97. The lowest BCUT2D eigenvalue weighted by Gasteiger charge is -2.41. The highest BCUT2D eigenvalue weighted by Gasteiger charge is 2.45. The monoisotopic (exact) mass is 344 g/mol. The number of hydrogen-bond acceptors (Lipinski definition) is 3. The summed E-state index contributed by atoms with van der Waals surface area (Å²) in [5.74, 6) is -0.384. The number of methoxy groups -OCH3 is 1. The molecular weight excluding hydrogens is 320 g/mol. The summed E-state index contributed by atoms with van der Waals surface area (Å²) in [5, 5.41) is 10.6. The number of carboxylic acid groups (broad SMARTS) is 1. The Morgan fingerprint density at radius 1 is 1.28 bits per heavy atom. The molecule has 2 aromatic rings. The molecule has 1 amide bonds. The minimum absolute atomic E-state index is 0.145. The van der Waals surface area contributed by atoms with Crippen LogP contribution in [0.4, 0.5) is 0 Å². The fraction of sp³-hybridized carbons (Fsp3) is 0.474. The molecule has 1 fully saturated rings. The molecule has 1 saturated carbocycles. The summed E-state index contributed by atoms with van der Waals surface area (Å²) < 4.78 is 5.40. The average Bonchev–Trinajstić information content (AvgIpc) is 3.04. The van der Waals surface area contributed by atoms with Gasteiger partial charge in [0, 0.05) is 24.1 Å². The minimum atomic E-state index is -1.08. The Labute approximate surface area is 146 Å². The van der Waals surface area contributed by atoms with Gasteiger partial charge < -0.3 is 19.7 Å². The number of benzene rings is 1. The van der Waals surface area contributed by atoms with Gasteiger partial charge in [-0.2, -0.15) is 0 Å². The number of rotatable bonds is 5. The summed E-state index contributed by atoms with van der Waals surface area (Å²) in [6.45, 7) is 0. The largest absolute Gasteiger partial charge is 0.496 e. The predicted molar refractivity (Wildman–Crippen MR) is 94.8 cm³/mol. The lowest BCUT2D eigenvalue weighted by atomic mass is 9.80. The van der Waals surface area contributed by atoms with E-state index in [2.05, 4.69) is 4.98 Å². The first kappa shape index (κ1) is 17.3. The molecule has 0 saturated heterocycles. The van der Waals surface area contributed by atoms with Crippen LogP contribution in [0.3, 0.4) is 0 Å². The highest BCUT2D eigenvalue weighted by Crippen LogP contribution is 2.34. The van der Waals surface area contributed by atoms with Crippen LogP contribution in [0, 0.1) is 0 Å². The highest BCUT2D eigenvalue weighted by atomic mass is 16.5. The van der Waals surface area contributed by atoms with E-state index in [0.717, 1.165) is 35.7 Å². The van der Waals surface area contributed by atoms with Gasteiger partial charge in [-0.15, -0.1) is 0 Å². The summed E-state index contributed by atoms with van der Waals surface area (Å²) >= 11 is 0. The van der Waals surface area contributed by atoms with E-state index in [1.807, 2.05) is 18.2 Å². The highest BCUT2D eigenvalue weighted by molar-refractivity contribution is 5.94. The van der Waals surface area contributed by atoms with Crippen LogP contribution >= 0.6 is 0 Å². The number of fused-ring (bicyclic) bond motifs is 1. The minimum Gasteiger partial charge on any atom is -0.496 e. The van der Waals surface area contributed by atoms with Crippen molar-refractivity contribution in [3.8, 4) is 5.75 Å². The molecule has 1 aliphatic rings. The van der Waals surface area contributed by atoms with Gasteiger partial charge in [0.25, 0.3) is 0 Å². The molecule has 1 aliphatic carbocycles. The van der Waals surface area contributed by atoms with E-state index in [0.29, 0.717) is 18.6 Å². The van der Waals surface area contributed by atoms with Gasteiger partial charge in [0.2, 0.25) is 5.91 Å². The molecule has 1 heterocycles. The Balaban J connectivity index is 1.88. The maximum Gasteiger partial charge on any atom is 0.329 e. The number of carboxylic acids is 1. The zero-order chi connectivity index (χ0) is 18.0. The molecule has 6 heteroatoms. The maximum atomic E-state index is 12.9. The van der Waals surface area contributed by atoms with E-state index in [4.69, 9.17) is 4.74 Å². The Hall–Kier alpha value is -2.50. The molecular formula is C19H24N2O4. The molecule has 0 radical (unpaired) electrons. The quantitative estimate of drug-likeness (QED) is 0.873. The van der Waals surface area contributed by atoms with Crippen LogP contribution in [0.1, 0.15) is 37.7 Å². The second-order valence-electron chi connectivity index (χ2n) is 6.72.